The summed E-state index contributed by atoms with van der Waals surface area (Å²) in [6.07, 6.45) is 8.70. The summed E-state index contributed by atoms with van der Waals surface area (Å²) in [4.78, 5) is 12.9. The molecule has 0 heterocycles. The van der Waals surface area contributed by atoms with Crippen LogP contribution in [0.4, 0.5) is 0 Å². The van der Waals surface area contributed by atoms with Crippen LogP contribution >= 0.6 is 0 Å². The lowest BCUT2D eigenvalue weighted by Gasteiger charge is -2.14. The van der Waals surface area contributed by atoms with E-state index in [2.05, 4.69) is 42.5 Å². The molecule has 0 radical (unpaired) electrons. The molecular weight excluding hydrogens is 340 g/mol. The van der Waals surface area contributed by atoms with E-state index in [1.54, 1.807) is 6.08 Å². The Balaban J connectivity index is 1.59. The SMILES string of the molecule is O=C(C=Cc1ccccc1)C(CCCCc1ccccc1)Cc1ccccc1. The molecule has 0 bridgehead atoms. The third-order valence-corrected chi connectivity index (χ3v) is 5.08. The Hall–Kier alpha value is -2.93. The van der Waals surface area contributed by atoms with Crippen molar-refractivity contribution in [3.63, 3.8) is 0 Å². The van der Waals surface area contributed by atoms with Crippen molar-refractivity contribution in [3.8, 4) is 0 Å². The number of unbranched alkanes of at least 4 members (excludes halogenated alkanes) is 1. The summed E-state index contributed by atoms with van der Waals surface area (Å²) in [6, 6.07) is 31.0. The Bertz CT molecular complexity index is 851. The van der Waals surface area contributed by atoms with Gasteiger partial charge in [0.2, 0.25) is 0 Å². The fraction of sp³-hybridized carbons (Fsp3) is 0.222. The highest BCUT2D eigenvalue weighted by molar-refractivity contribution is 5.95. The molecule has 1 nitrogen and oxygen atoms in total. The van der Waals surface area contributed by atoms with Crippen molar-refractivity contribution in [2.24, 2.45) is 5.92 Å². The Kier molecular flexibility index (Phi) is 7.81. The molecule has 0 aromatic heterocycles. The minimum absolute atomic E-state index is 0.0399. The second-order valence-corrected chi connectivity index (χ2v) is 7.26. The Morgan fingerprint density at radius 2 is 1.29 bits per heavy atom. The highest BCUT2D eigenvalue weighted by atomic mass is 16.1. The topological polar surface area (TPSA) is 17.1 Å². The highest BCUT2D eigenvalue weighted by Crippen LogP contribution is 2.19. The van der Waals surface area contributed by atoms with Gasteiger partial charge in [0.05, 0.1) is 0 Å². The zero-order valence-electron chi connectivity index (χ0n) is 16.3. The molecule has 0 amide bonds. The molecule has 0 aliphatic heterocycles. The summed E-state index contributed by atoms with van der Waals surface area (Å²) in [5.74, 6) is 0.269. The average molecular weight is 369 g/mol. The van der Waals surface area contributed by atoms with Crippen LogP contribution in [0.15, 0.2) is 97.1 Å². The molecular formula is C27H28O. The Morgan fingerprint density at radius 1 is 0.714 bits per heavy atom. The molecule has 0 fully saturated rings. The van der Waals surface area contributed by atoms with Gasteiger partial charge in [-0.15, -0.1) is 0 Å². The zero-order valence-corrected chi connectivity index (χ0v) is 16.3. The van der Waals surface area contributed by atoms with Gasteiger partial charge in [-0.1, -0.05) is 103 Å². The maximum Gasteiger partial charge on any atom is 0.159 e. The molecule has 1 unspecified atom stereocenters. The van der Waals surface area contributed by atoms with E-state index in [1.807, 2.05) is 54.6 Å². The maximum absolute atomic E-state index is 12.9. The van der Waals surface area contributed by atoms with Crippen molar-refractivity contribution in [1.82, 2.24) is 0 Å². The smallest absolute Gasteiger partial charge is 0.159 e. The van der Waals surface area contributed by atoms with Crippen molar-refractivity contribution in [2.75, 3.05) is 0 Å². The minimum Gasteiger partial charge on any atom is -0.295 e. The van der Waals surface area contributed by atoms with E-state index in [0.29, 0.717) is 0 Å². The van der Waals surface area contributed by atoms with Crippen molar-refractivity contribution >= 4 is 11.9 Å². The molecule has 0 N–H and O–H groups in total. The fourth-order valence-electron chi connectivity index (χ4n) is 3.49. The minimum atomic E-state index is 0.0399. The van der Waals surface area contributed by atoms with E-state index in [4.69, 9.17) is 0 Å². The maximum atomic E-state index is 12.9. The summed E-state index contributed by atoms with van der Waals surface area (Å²) < 4.78 is 0. The van der Waals surface area contributed by atoms with Gasteiger partial charge >= 0.3 is 0 Å². The lowest BCUT2D eigenvalue weighted by molar-refractivity contribution is -0.118. The van der Waals surface area contributed by atoms with Crippen LogP contribution in [-0.4, -0.2) is 5.78 Å². The molecule has 1 heteroatoms. The molecule has 142 valence electrons. The number of carbonyl (C=O) groups is 1. The standard InChI is InChI=1S/C27H28O/c28-27(21-20-24-14-6-2-7-15-24)26(22-25-17-8-3-9-18-25)19-11-10-16-23-12-4-1-5-13-23/h1-9,12-15,17-18,20-21,26H,10-11,16,19,22H2. The number of hydrogen-bond donors (Lipinski definition) is 0. The Morgan fingerprint density at radius 3 is 1.93 bits per heavy atom. The molecule has 0 aliphatic rings. The third-order valence-electron chi connectivity index (χ3n) is 5.08. The number of rotatable bonds is 10. The van der Waals surface area contributed by atoms with E-state index in [-0.39, 0.29) is 11.7 Å². The number of ketones is 1. The van der Waals surface area contributed by atoms with Gasteiger partial charge in [-0.05, 0) is 48.4 Å². The van der Waals surface area contributed by atoms with Gasteiger partial charge in [-0.2, -0.15) is 0 Å². The van der Waals surface area contributed by atoms with E-state index in [0.717, 1.165) is 37.7 Å². The molecule has 0 saturated heterocycles. The zero-order chi connectivity index (χ0) is 19.4. The molecule has 0 aliphatic carbocycles. The second kappa shape index (κ2) is 11.0. The quantitative estimate of drug-likeness (QED) is 0.293. The normalized spacial score (nSPS) is 12.1. The average Bonchev–Trinajstić information content (AvgIpc) is 2.76. The molecule has 3 aromatic rings. The van der Waals surface area contributed by atoms with Crippen molar-refractivity contribution < 1.29 is 4.79 Å². The predicted molar refractivity (Wildman–Crippen MR) is 118 cm³/mol. The largest absolute Gasteiger partial charge is 0.295 e. The van der Waals surface area contributed by atoms with Crippen LogP contribution < -0.4 is 0 Å². The van der Waals surface area contributed by atoms with Crippen molar-refractivity contribution in [3.05, 3.63) is 114 Å². The van der Waals surface area contributed by atoms with Gasteiger partial charge in [0.1, 0.15) is 0 Å². The molecule has 1 atom stereocenters. The summed E-state index contributed by atoms with van der Waals surface area (Å²) in [6.45, 7) is 0. The van der Waals surface area contributed by atoms with Gasteiger partial charge in [-0.3, -0.25) is 4.79 Å². The third kappa shape index (κ3) is 6.66. The van der Waals surface area contributed by atoms with E-state index in [1.165, 1.54) is 11.1 Å². The van der Waals surface area contributed by atoms with Crippen molar-refractivity contribution in [2.45, 2.75) is 32.1 Å². The van der Waals surface area contributed by atoms with Crippen LogP contribution in [0.1, 0.15) is 36.0 Å². The fourth-order valence-corrected chi connectivity index (χ4v) is 3.49. The molecule has 0 saturated carbocycles. The van der Waals surface area contributed by atoms with E-state index in [9.17, 15) is 4.79 Å². The van der Waals surface area contributed by atoms with Gasteiger partial charge in [0, 0.05) is 5.92 Å². The van der Waals surface area contributed by atoms with Crippen molar-refractivity contribution in [1.29, 1.82) is 0 Å². The Labute approximate surface area is 168 Å². The molecule has 0 spiro atoms. The predicted octanol–water partition coefficient (Wildman–Crippen LogP) is 6.54. The van der Waals surface area contributed by atoms with Crippen LogP contribution in [0.3, 0.4) is 0 Å². The number of carbonyl (C=O) groups excluding carboxylic acids is 1. The molecule has 3 rings (SSSR count). The van der Waals surface area contributed by atoms with E-state index >= 15 is 0 Å². The van der Waals surface area contributed by atoms with Crippen LogP contribution in [0.5, 0.6) is 0 Å². The summed E-state index contributed by atoms with van der Waals surface area (Å²) in [5.41, 5.74) is 3.67. The van der Waals surface area contributed by atoms with Crippen LogP contribution in [0, 0.1) is 5.92 Å². The first-order valence-electron chi connectivity index (χ1n) is 10.2. The van der Waals surface area contributed by atoms with Gasteiger partial charge in [0.25, 0.3) is 0 Å². The molecule has 28 heavy (non-hydrogen) atoms. The number of allylic oxidation sites excluding steroid dienone is 1. The first-order chi connectivity index (χ1) is 13.8. The lowest BCUT2D eigenvalue weighted by atomic mass is 9.89. The van der Waals surface area contributed by atoms with Gasteiger partial charge < -0.3 is 0 Å². The first-order valence-corrected chi connectivity index (χ1v) is 10.2. The number of hydrogen-bond acceptors (Lipinski definition) is 1. The van der Waals surface area contributed by atoms with Crippen LogP contribution in [0.2, 0.25) is 0 Å². The van der Waals surface area contributed by atoms with E-state index < -0.39 is 0 Å². The first kappa shape index (κ1) is 19.8. The number of aryl methyl sites for hydroxylation is 1. The highest BCUT2D eigenvalue weighted by Gasteiger charge is 2.16. The summed E-state index contributed by atoms with van der Waals surface area (Å²) in [5, 5.41) is 0. The van der Waals surface area contributed by atoms with Gasteiger partial charge in [0.15, 0.2) is 5.78 Å². The molecule has 3 aromatic carbocycles. The lowest BCUT2D eigenvalue weighted by Crippen LogP contribution is -2.15. The van der Waals surface area contributed by atoms with Gasteiger partial charge in [-0.25, -0.2) is 0 Å². The number of benzene rings is 3. The summed E-state index contributed by atoms with van der Waals surface area (Å²) >= 11 is 0. The van der Waals surface area contributed by atoms with Crippen LogP contribution in [-0.2, 0) is 17.6 Å². The second-order valence-electron chi connectivity index (χ2n) is 7.26. The summed E-state index contributed by atoms with van der Waals surface area (Å²) in [7, 11) is 0. The van der Waals surface area contributed by atoms with Crippen LogP contribution in [0.25, 0.3) is 6.08 Å². The monoisotopic (exact) mass is 368 g/mol.